The molecule has 0 saturated carbocycles. The highest BCUT2D eigenvalue weighted by Crippen LogP contribution is 2.37. The van der Waals surface area contributed by atoms with Gasteiger partial charge in [0.05, 0.1) is 21.3 Å². The van der Waals surface area contributed by atoms with Crippen molar-refractivity contribution in [2.24, 2.45) is 0 Å². The first-order valence-electron chi connectivity index (χ1n) is 11.5. The molecule has 1 aliphatic carbocycles. The molecule has 3 aromatic rings. The summed E-state index contributed by atoms with van der Waals surface area (Å²) in [6.45, 7) is 5.65. The minimum absolute atomic E-state index is 0.0628. The first kappa shape index (κ1) is 20.8. The van der Waals surface area contributed by atoms with Gasteiger partial charge in [-0.2, -0.15) is 0 Å². The van der Waals surface area contributed by atoms with Gasteiger partial charge in [0.2, 0.25) is 0 Å². The summed E-state index contributed by atoms with van der Waals surface area (Å²) in [6, 6.07) is 14.2. The maximum absolute atomic E-state index is 12.9. The second kappa shape index (κ2) is 8.81. The summed E-state index contributed by atoms with van der Waals surface area (Å²) in [4.78, 5) is 20.3. The summed E-state index contributed by atoms with van der Waals surface area (Å²) in [5.74, 6) is 0.765. The van der Waals surface area contributed by atoms with E-state index in [9.17, 15) is 9.90 Å². The van der Waals surface area contributed by atoms with E-state index in [4.69, 9.17) is 4.98 Å². The van der Waals surface area contributed by atoms with Crippen molar-refractivity contribution in [3.05, 3.63) is 64.2 Å². The number of ketones is 1. The van der Waals surface area contributed by atoms with E-state index in [1.54, 1.807) is 11.3 Å². The van der Waals surface area contributed by atoms with Crippen LogP contribution in [0.4, 0.5) is 0 Å². The van der Waals surface area contributed by atoms with Gasteiger partial charge in [-0.3, -0.25) is 4.79 Å². The number of piperidine rings is 1. The monoisotopic (exact) mass is 434 g/mol. The molecule has 2 atom stereocenters. The number of Topliss-reactive ketones (excluding diaryl/α,β-unsaturated/α-hetero) is 1. The predicted molar refractivity (Wildman–Crippen MR) is 126 cm³/mol. The van der Waals surface area contributed by atoms with Gasteiger partial charge in [0.25, 0.3) is 0 Å². The maximum Gasteiger partial charge on any atom is 0.162 e. The molecular weight excluding hydrogens is 404 g/mol. The van der Waals surface area contributed by atoms with Crippen LogP contribution in [0.3, 0.4) is 0 Å². The lowest BCUT2D eigenvalue weighted by atomic mass is 9.92. The zero-order chi connectivity index (χ0) is 21.4. The van der Waals surface area contributed by atoms with E-state index in [1.165, 1.54) is 29.0 Å². The molecule has 1 saturated heterocycles. The Bertz CT molecular complexity index is 1080. The molecule has 5 rings (SSSR count). The quantitative estimate of drug-likeness (QED) is 0.545. The molecule has 0 spiro atoms. The fraction of sp³-hybridized carbons (Fsp3) is 0.462. The Balaban J connectivity index is 1.27. The first-order chi connectivity index (χ1) is 15.1. The standard InChI is InChI=1S/C26H30N2O2S/c1-2-28-13-11-17(12-14-28)26-27-22-9-7-19(16-25(22)31-26)23(29)10-8-21-20-6-4-3-5-18(20)15-24(21)30/h3-7,9,16-17,21,24,30H,2,8,10-15H2,1H3/t21-,24+/m0/s1. The third kappa shape index (κ3) is 4.19. The molecule has 1 aromatic heterocycles. The molecule has 1 N–H and O–H groups in total. The Hall–Kier alpha value is -2.08. The topological polar surface area (TPSA) is 53.4 Å². The number of aliphatic hydroxyl groups is 1. The highest BCUT2D eigenvalue weighted by molar-refractivity contribution is 7.18. The molecule has 31 heavy (non-hydrogen) atoms. The van der Waals surface area contributed by atoms with Gasteiger partial charge in [0.15, 0.2) is 5.78 Å². The van der Waals surface area contributed by atoms with E-state index in [-0.39, 0.29) is 17.8 Å². The Morgan fingerprint density at radius 1 is 1.19 bits per heavy atom. The molecule has 0 radical (unpaired) electrons. The number of aliphatic hydroxyl groups excluding tert-OH is 1. The fourth-order valence-electron chi connectivity index (χ4n) is 5.22. The second-order valence-electron chi connectivity index (χ2n) is 8.98. The van der Waals surface area contributed by atoms with Crippen LogP contribution in [0.1, 0.15) is 70.9 Å². The van der Waals surface area contributed by atoms with E-state index in [0.717, 1.165) is 35.4 Å². The molecule has 5 heteroatoms. The van der Waals surface area contributed by atoms with Gasteiger partial charge in [-0.05, 0) is 74.6 Å². The van der Waals surface area contributed by atoms with E-state index >= 15 is 0 Å². The van der Waals surface area contributed by atoms with Crippen LogP contribution in [0, 0.1) is 0 Å². The Morgan fingerprint density at radius 2 is 2.00 bits per heavy atom. The smallest absolute Gasteiger partial charge is 0.162 e. The van der Waals surface area contributed by atoms with Crippen LogP contribution in [0.25, 0.3) is 10.2 Å². The SMILES string of the molecule is CCN1CCC(c2nc3ccc(C(=O)CC[C@H]4c5ccccc5C[C@H]4O)cc3s2)CC1. The first-order valence-corrected chi connectivity index (χ1v) is 12.4. The average Bonchev–Trinajstić information content (AvgIpc) is 3.37. The van der Waals surface area contributed by atoms with Crippen LogP contribution >= 0.6 is 11.3 Å². The number of likely N-dealkylation sites (tertiary alicyclic amines) is 1. The van der Waals surface area contributed by atoms with Crippen molar-refractivity contribution in [3.8, 4) is 0 Å². The minimum atomic E-state index is -0.379. The van der Waals surface area contributed by atoms with E-state index in [0.29, 0.717) is 25.2 Å². The van der Waals surface area contributed by atoms with E-state index in [2.05, 4.69) is 24.0 Å². The summed E-state index contributed by atoms with van der Waals surface area (Å²) in [6.07, 6.45) is 3.81. The number of rotatable bonds is 6. The van der Waals surface area contributed by atoms with E-state index in [1.807, 2.05) is 30.3 Å². The van der Waals surface area contributed by atoms with Crippen molar-refractivity contribution in [2.75, 3.05) is 19.6 Å². The summed E-state index contributed by atoms with van der Waals surface area (Å²) in [7, 11) is 0. The lowest BCUT2D eigenvalue weighted by Gasteiger charge is -2.29. The van der Waals surface area contributed by atoms with Crippen LogP contribution in [0.5, 0.6) is 0 Å². The predicted octanol–water partition coefficient (Wildman–Crippen LogP) is 5.16. The minimum Gasteiger partial charge on any atom is -0.392 e. The number of hydrogen-bond acceptors (Lipinski definition) is 5. The summed E-state index contributed by atoms with van der Waals surface area (Å²) >= 11 is 1.76. The lowest BCUT2D eigenvalue weighted by molar-refractivity contribution is 0.0962. The summed E-state index contributed by atoms with van der Waals surface area (Å²) < 4.78 is 1.12. The van der Waals surface area contributed by atoms with Gasteiger partial charge in [-0.15, -0.1) is 11.3 Å². The number of hydrogen-bond donors (Lipinski definition) is 1. The van der Waals surface area contributed by atoms with Crippen molar-refractivity contribution in [3.63, 3.8) is 0 Å². The van der Waals surface area contributed by atoms with Gasteiger partial charge < -0.3 is 10.0 Å². The van der Waals surface area contributed by atoms with E-state index < -0.39 is 0 Å². The fourth-order valence-corrected chi connectivity index (χ4v) is 6.40. The van der Waals surface area contributed by atoms with Gasteiger partial charge in [0, 0.05) is 23.8 Å². The number of carbonyl (C=O) groups is 1. The van der Waals surface area contributed by atoms with Crippen molar-refractivity contribution in [2.45, 2.75) is 57.0 Å². The largest absolute Gasteiger partial charge is 0.392 e. The van der Waals surface area contributed by atoms with Crippen molar-refractivity contribution in [1.29, 1.82) is 0 Å². The number of thiazole rings is 1. The van der Waals surface area contributed by atoms with Gasteiger partial charge in [0.1, 0.15) is 0 Å². The Labute approximate surface area is 187 Å². The molecule has 162 valence electrons. The number of benzene rings is 2. The summed E-state index contributed by atoms with van der Waals surface area (Å²) in [5.41, 5.74) is 4.20. The van der Waals surface area contributed by atoms with Gasteiger partial charge in [-0.25, -0.2) is 4.98 Å². The highest BCUT2D eigenvalue weighted by Gasteiger charge is 2.31. The molecule has 1 fully saturated rings. The molecule has 1 aliphatic heterocycles. The van der Waals surface area contributed by atoms with Crippen LogP contribution in [-0.4, -0.2) is 46.5 Å². The molecule has 2 heterocycles. The normalized spacial score (nSPS) is 22.1. The van der Waals surface area contributed by atoms with Crippen molar-refractivity contribution < 1.29 is 9.90 Å². The molecule has 0 amide bonds. The van der Waals surface area contributed by atoms with Gasteiger partial charge >= 0.3 is 0 Å². The Morgan fingerprint density at radius 3 is 2.81 bits per heavy atom. The van der Waals surface area contributed by atoms with Crippen LogP contribution in [-0.2, 0) is 6.42 Å². The summed E-state index contributed by atoms with van der Waals surface area (Å²) in [5, 5.41) is 11.7. The highest BCUT2D eigenvalue weighted by atomic mass is 32.1. The number of carbonyl (C=O) groups excluding carboxylic acids is 1. The van der Waals surface area contributed by atoms with Crippen LogP contribution in [0.2, 0.25) is 0 Å². The molecular formula is C26H30N2O2S. The van der Waals surface area contributed by atoms with Gasteiger partial charge in [-0.1, -0.05) is 31.2 Å². The number of aromatic nitrogens is 1. The molecule has 0 bridgehead atoms. The third-order valence-electron chi connectivity index (χ3n) is 7.14. The second-order valence-corrected chi connectivity index (χ2v) is 10.0. The lowest BCUT2D eigenvalue weighted by Crippen LogP contribution is -2.32. The Kier molecular flexibility index (Phi) is 5.91. The van der Waals surface area contributed by atoms with Crippen LogP contribution in [0.15, 0.2) is 42.5 Å². The number of nitrogens with zero attached hydrogens (tertiary/aromatic N) is 2. The van der Waals surface area contributed by atoms with Crippen molar-refractivity contribution >= 4 is 27.3 Å². The zero-order valence-corrected chi connectivity index (χ0v) is 18.9. The third-order valence-corrected chi connectivity index (χ3v) is 8.32. The molecule has 0 unspecified atom stereocenters. The van der Waals surface area contributed by atoms with Crippen molar-refractivity contribution in [1.82, 2.24) is 9.88 Å². The molecule has 2 aliphatic rings. The molecule has 2 aromatic carbocycles. The van der Waals surface area contributed by atoms with Crippen LogP contribution < -0.4 is 0 Å². The zero-order valence-electron chi connectivity index (χ0n) is 18.1. The number of fused-ring (bicyclic) bond motifs is 2. The maximum atomic E-state index is 12.9. The average molecular weight is 435 g/mol. The molecule has 4 nitrogen and oxygen atoms in total.